The highest BCUT2D eigenvalue weighted by Crippen LogP contribution is 2.44. The number of furan rings is 1. The normalized spacial score (nSPS) is 26.8. The molecule has 2 saturated carbocycles. The first-order valence-corrected chi connectivity index (χ1v) is 6.68. The Bertz CT molecular complexity index is 492. The van der Waals surface area contributed by atoms with E-state index in [9.17, 15) is 9.59 Å². The van der Waals surface area contributed by atoms with E-state index in [4.69, 9.17) is 9.52 Å². The fourth-order valence-electron chi connectivity index (χ4n) is 2.64. The van der Waals surface area contributed by atoms with Crippen LogP contribution < -0.4 is 0 Å². The molecule has 5 nitrogen and oxygen atoms in total. The Hall–Kier alpha value is -1.78. The van der Waals surface area contributed by atoms with Crippen LogP contribution in [-0.2, 0) is 9.59 Å². The van der Waals surface area contributed by atoms with Crippen molar-refractivity contribution in [1.29, 1.82) is 0 Å². The van der Waals surface area contributed by atoms with Crippen LogP contribution in [0.5, 0.6) is 0 Å². The Balaban J connectivity index is 1.75. The standard InChI is InChI=1S/C14H17NO4/c1-8(12-3-2-6-19-12)15(9-4-5-9)13(16)10-7-11(10)14(17)18/h2-3,6,8-11H,4-5,7H2,1H3,(H,17,18)/t8-,10+,11-/m1/s1. The molecule has 3 rings (SSSR count). The smallest absolute Gasteiger partial charge is 0.307 e. The van der Waals surface area contributed by atoms with Crippen molar-refractivity contribution in [2.24, 2.45) is 11.8 Å². The quantitative estimate of drug-likeness (QED) is 0.882. The lowest BCUT2D eigenvalue weighted by molar-refractivity contribution is -0.143. The van der Waals surface area contributed by atoms with Gasteiger partial charge in [-0.2, -0.15) is 0 Å². The van der Waals surface area contributed by atoms with Gasteiger partial charge in [0.15, 0.2) is 0 Å². The van der Waals surface area contributed by atoms with Gasteiger partial charge in [0.2, 0.25) is 5.91 Å². The van der Waals surface area contributed by atoms with Gasteiger partial charge in [-0.1, -0.05) is 0 Å². The second-order valence-electron chi connectivity index (χ2n) is 5.46. The summed E-state index contributed by atoms with van der Waals surface area (Å²) in [6.07, 6.45) is 4.07. The van der Waals surface area contributed by atoms with Gasteiger partial charge in [0.25, 0.3) is 0 Å². The van der Waals surface area contributed by atoms with Crippen LogP contribution in [0.4, 0.5) is 0 Å². The summed E-state index contributed by atoms with van der Waals surface area (Å²) in [6.45, 7) is 1.94. The third-order valence-electron chi connectivity index (χ3n) is 3.99. The second kappa shape index (κ2) is 4.40. The molecule has 1 amide bonds. The summed E-state index contributed by atoms with van der Waals surface area (Å²) >= 11 is 0. The second-order valence-corrected chi connectivity index (χ2v) is 5.46. The van der Waals surface area contributed by atoms with Gasteiger partial charge in [-0.25, -0.2) is 0 Å². The molecule has 1 aromatic rings. The molecule has 2 fully saturated rings. The first kappa shape index (κ1) is 12.3. The van der Waals surface area contributed by atoms with Crippen molar-refractivity contribution in [3.63, 3.8) is 0 Å². The van der Waals surface area contributed by atoms with Gasteiger partial charge in [0.05, 0.1) is 24.1 Å². The summed E-state index contributed by atoms with van der Waals surface area (Å²) in [5, 5.41) is 8.94. The van der Waals surface area contributed by atoms with Crippen molar-refractivity contribution < 1.29 is 19.1 Å². The van der Waals surface area contributed by atoms with Crippen LogP contribution in [0.25, 0.3) is 0 Å². The van der Waals surface area contributed by atoms with Crippen molar-refractivity contribution in [3.8, 4) is 0 Å². The molecule has 5 heteroatoms. The number of hydrogen-bond donors (Lipinski definition) is 1. The average molecular weight is 263 g/mol. The Morgan fingerprint density at radius 2 is 2.16 bits per heavy atom. The Kier molecular flexibility index (Phi) is 2.84. The molecule has 19 heavy (non-hydrogen) atoms. The SMILES string of the molecule is C[C@H](c1ccco1)N(C(=O)[C@H]1C[C@H]1C(=O)O)C1CC1. The molecule has 0 saturated heterocycles. The minimum absolute atomic E-state index is 0.0289. The van der Waals surface area contributed by atoms with E-state index in [1.54, 1.807) is 12.3 Å². The Morgan fingerprint density at radius 3 is 2.63 bits per heavy atom. The molecule has 102 valence electrons. The number of carboxylic acid groups (broad SMARTS) is 1. The molecule has 0 spiro atoms. The molecule has 0 bridgehead atoms. The maximum absolute atomic E-state index is 12.5. The lowest BCUT2D eigenvalue weighted by Crippen LogP contribution is -2.37. The van der Waals surface area contributed by atoms with Crippen molar-refractivity contribution >= 4 is 11.9 Å². The van der Waals surface area contributed by atoms with Gasteiger partial charge in [-0.05, 0) is 38.3 Å². The molecule has 1 aromatic heterocycles. The van der Waals surface area contributed by atoms with Crippen LogP contribution in [0.3, 0.4) is 0 Å². The lowest BCUT2D eigenvalue weighted by Gasteiger charge is -2.28. The molecule has 1 heterocycles. The molecule has 0 unspecified atom stereocenters. The maximum Gasteiger partial charge on any atom is 0.307 e. The average Bonchev–Trinajstić information content (AvgIpc) is 3.28. The van der Waals surface area contributed by atoms with Gasteiger partial charge >= 0.3 is 5.97 Å². The molecule has 1 N–H and O–H groups in total. The highest BCUT2D eigenvalue weighted by Gasteiger charge is 2.52. The van der Waals surface area contributed by atoms with Crippen LogP contribution in [-0.4, -0.2) is 27.9 Å². The van der Waals surface area contributed by atoms with E-state index in [1.165, 1.54) is 0 Å². The first-order valence-electron chi connectivity index (χ1n) is 6.68. The minimum atomic E-state index is -0.861. The Morgan fingerprint density at radius 1 is 1.42 bits per heavy atom. The van der Waals surface area contributed by atoms with E-state index in [1.807, 2.05) is 17.9 Å². The van der Waals surface area contributed by atoms with Crippen LogP contribution >= 0.6 is 0 Å². The van der Waals surface area contributed by atoms with E-state index in [-0.39, 0.29) is 23.9 Å². The molecular weight excluding hydrogens is 246 g/mol. The number of aliphatic carboxylic acids is 1. The molecule has 2 aliphatic rings. The number of amides is 1. The number of rotatable bonds is 5. The van der Waals surface area contributed by atoms with Crippen molar-refractivity contribution in [2.45, 2.75) is 38.3 Å². The van der Waals surface area contributed by atoms with Crippen molar-refractivity contribution in [1.82, 2.24) is 4.90 Å². The van der Waals surface area contributed by atoms with Gasteiger partial charge in [-0.3, -0.25) is 9.59 Å². The number of carbonyl (C=O) groups excluding carboxylic acids is 1. The van der Waals surface area contributed by atoms with E-state index in [2.05, 4.69) is 0 Å². The van der Waals surface area contributed by atoms with Gasteiger partial charge in [-0.15, -0.1) is 0 Å². The topological polar surface area (TPSA) is 70.8 Å². The monoisotopic (exact) mass is 263 g/mol. The van der Waals surface area contributed by atoms with Crippen LogP contribution in [0.15, 0.2) is 22.8 Å². The summed E-state index contributed by atoms with van der Waals surface area (Å²) < 4.78 is 5.37. The van der Waals surface area contributed by atoms with Crippen molar-refractivity contribution in [3.05, 3.63) is 24.2 Å². The zero-order valence-corrected chi connectivity index (χ0v) is 10.8. The molecule has 0 aliphatic heterocycles. The summed E-state index contributed by atoms with van der Waals surface area (Å²) in [7, 11) is 0. The van der Waals surface area contributed by atoms with E-state index >= 15 is 0 Å². The fourth-order valence-corrected chi connectivity index (χ4v) is 2.64. The number of carboxylic acids is 1. The van der Waals surface area contributed by atoms with E-state index in [0.717, 1.165) is 18.6 Å². The first-order chi connectivity index (χ1) is 9.09. The number of carbonyl (C=O) groups is 2. The highest BCUT2D eigenvalue weighted by molar-refractivity contribution is 5.90. The molecule has 0 radical (unpaired) electrons. The van der Waals surface area contributed by atoms with Crippen LogP contribution in [0.2, 0.25) is 0 Å². The molecule has 0 aromatic carbocycles. The largest absolute Gasteiger partial charge is 0.481 e. The zero-order chi connectivity index (χ0) is 13.6. The molecule has 3 atom stereocenters. The maximum atomic E-state index is 12.5. The van der Waals surface area contributed by atoms with Crippen LogP contribution in [0, 0.1) is 11.8 Å². The van der Waals surface area contributed by atoms with E-state index in [0.29, 0.717) is 6.42 Å². The lowest BCUT2D eigenvalue weighted by atomic mass is 10.1. The summed E-state index contributed by atoms with van der Waals surface area (Å²) in [5.74, 6) is -0.959. The third kappa shape index (κ3) is 2.25. The zero-order valence-electron chi connectivity index (χ0n) is 10.8. The highest BCUT2D eigenvalue weighted by atomic mass is 16.4. The predicted molar refractivity (Wildman–Crippen MR) is 66.2 cm³/mol. The van der Waals surface area contributed by atoms with E-state index < -0.39 is 11.9 Å². The Labute approximate surface area is 111 Å². The van der Waals surface area contributed by atoms with Gasteiger partial charge < -0.3 is 14.4 Å². The van der Waals surface area contributed by atoms with Crippen LogP contribution in [0.1, 0.15) is 38.0 Å². The molecule has 2 aliphatic carbocycles. The number of hydrogen-bond acceptors (Lipinski definition) is 3. The summed E-state index contributed by atoms with van der Waals surface area (Å²) in [6, 6.07) is 3.79. The van der Waals surface area contributed by atoms with Gasteiger partial charge in [0, 0.05) is 6.04 Å². The predicted octanol–water partition coefficient (Wildman–Crippen LogP) is 2.05. The minimum Gasteiger partial charge on any atom is -0.481 e. The summed E-state index contributed by atoms with van der Waals surface area (Å²) in [4.78, 5) is 25.2. The number of nitrogens with zero attached hydrogens (tertiary/aromatic N) is 1. The molecular formula is C14H17NO4. The van der Waals surface area contributed by atoms with Gasteiger partial charge in [0.1, 0.15) is 5.76 Å². The fraction of sp³-hybridized carbons (Fsp3) is 0.571. The van der Waals surface area contributed by atoms with Crippen molar-refractivity contribution in [2.75, 3.05) is 0 Å². The third-order valence-corrected chi connectivity index (χ3v) is 3.99. The summed E-state index contributed by atoms with van der Waals surface area (Å²) in [5.41, 5.74) is 0.